The van der Waals surface area contributed by atoms with Gasteiger partial charge in [0.15, 0.2) is 0 Å². The van der Waals surface area contributed by atoms with Crippen molar-refractivity contribution in [2.75, 3.05) is 0 Å². The van der Waals surface area contributed by atoms with Gasteiger partial charge in [-0.2, -0.15) is 0 Å². The molecule has 1 saturated carbocycles. The maximum Gasteiger partial charge on any atom is 0.0315 e. The van der Waals surface area contributed by atoms with Gasteiger partial charge in [0, 0.05) is 24.5 Å². The Bertz CT molecular complexity index is 326. The molecule has 2 heteroatoms. The van der Waals surface area contributed by atoms with Gasteiger partial charge in [-0.05, 0) is 43.2 Å². The molecule has 3 atom stereocenters. The van der Waals surface area contributed by atoms with Gasteiger partial charge in [0.2, 0.25) is 0 Å². The summed E-state index contributed by atoms with van der Waals surface area (Å²) < 4.78 is 0. The van der Waals surface area contributed by atoms with E-state index in [1.165, 1.54) is 24.8 Å². The Labute approximate surface area is 105 Å². The van der Waals surface area contributed by atoms with Crippen LogP contribution in [-0.4, -0.2) is 11.0 Å². The monoisotopic (exact) mass is 232 g/mol. The lowest BCUT2D eigenvalue weighted by Gasteiger charge is -2.37. The van der Waals surface area contributed by atoms with Crippen LogP contribution >= 0.6 is 0 Å². The van der Waals surface area contributed by atoms with E-state index in [0.29, 0.717) is 12.1 Å². The van der Waals surface area contributed by atoms with Crippen LogP contribution in [0.25, 0.3) is 0 Å². The van der Waals surface area contributed by atoms with Crippen LogP contribution in [0.15, 0.2) is 24.5 Å². The molecule has 2 nitrogen and oxygen atoms in total. The van der Waals surface area contributed by atoms with E-state index in [4.69, 9.17) is 0 Å². The Morgan fingerprint density at radius 2 is 2.00 bits per heavy atom. The van der Waals surface area contributed by atoms with Crippen molar-refractivity contribution in [1.82, 2.24) is 10.3 Å². The number of pyridine rings is 1. The van der Waals surface area contributed by atoms with Gasteiger partial charge >= 0.3 is 0 Å². The quantitative estimate of drug-likeness (QED) is 0.862. The minimum atomic E-state index is 0.400. The summed E-state index contributed by atoms with van der Waals surface area (Å²) in [6.07, 6.45) is 7.92. The third kappa shape index (κ3) is 3.06. The molecular weight excluding hydrogens is 208 g/mol. The number of hydrogen-bond donors (Lipinski definition) is 1. The summed E-state index contributed by atoms with van der Waals surface area (Å²) in [4.78, 5) is 4.20. The number of rotatable bonds is 3. The van der Waals surface area contributed by atoms with Gasteiger partial charge in [-0.25, -0.2) is 0 Å². The second-order valence-electron chi connectivity index (χ2n) is 5.59. The summed E-state index contributed by atoms with van der Waals surface area (Å²) in [5.41, 5.74) is 1.29. The fraction of sp³-hybridized carbons (Fsp3) is 0.667. The summed E-state index contributed by atoms with van der Waals surface area (Å²) in [6.45, 7) is 7.00. The van der Waals surface area contributed by atoms with Crippen LogP contribution in [0.2, 0.25) is 0 Å². The van der Waals surface area contributed by atoms with E-state index >= 15 is 0 Å². The fourth-order valence-electron chi connectivity index (χ4n) is 3.03. The van der Waals surface area contributed by atoms with Gasteiger partial charge in [0.1, 0.15) is 0 Å². The summed E-state index contributed by atoms with van der Waals surface area (Å²) in [7, 11) is 0. The molecule has 1 heterocycles. The van der Waals surface area contributed by atoms with Crippen LogP contribution < -0.4 is 5.32 Å². The number of aromatic nitrogens is 1. The standard InChI is InChI=1S/C15H24N2/c1-11-6-4-7-12(2)15(11)17-13(3)14-8-5-9-16-10-14/h5,8-13,15,17H,4,6-7H2,1-3H3. The first-order valence-electron chi connectivity index (χ1n) is 6.84. The minimum absolute atomic E-state index is 0.400. The predicted molar refractivity (Wildman–Crippen MR) is 71.8 cm³/mol. The number of nitrogens with zero attached hydrogens (tertiary/aromatic N) is 1. The van der Waals surface area contributed by atoms with Gasteiger partial charge in [-0.3, -0.25) is 4.98 Å². The van der Waals surface area contributed by atoms with Crippen LogP contribution in [0.5, 0.6) is 0 Å². The van der Waals surface area contributed by atoms with E-state index in [-0.39, 0.29) is 0 Å². The van der Waals surface area contributed by atoms with Crippen LogP contribution in [0, 0.1) is 11.8 Å². The summed E-state index contributed by atoms with van der Waals surface area (Å²) in [5, 5.41) is 3.79. The Morgan fingerprint density at radius 3 is 2.59 bits per heavy atom. The molecular formula is C15H24N2. The lowest BCUT2D eigenvalue weighted by atomic mass is 9.78. The third-order valence-electron chi connectivity index (χ3n) is 4.17. The van der Waals surface area contributed by atoms with E-state index in [9.17, 15) is 0 Å². The highest BCUT2D eigenvalue weighted by atomic mass is 15.0. The smallest absolute Gasteiger partial charge is 0.0315 e. The van der Waals surface area contributed by atoms with Gasteiger partial charge < -0.3 is 5.32 Å². The molecule has 1 aliphatic rings. The molecule has 0 saturated heterocycles. The molecule has 3 unspecified atom stereocenters. The number of hydrogen-bond acceptors (Lipinski definition) is 2. The first kappa shape index (κ1) is 12.6. The molecule has 1 aromatic heterocycles. The first-order valence-corrected chi connectivity index (χ1v) is 6.84. The first-order chi connectivity index (χ1) is 8.18. The molecule has 0 bridgehead atoms. The van der Waals surface area contributed by atoms with E-state index in [1.807, 2.05) is 18.5 Å². The Kier molecular flexibility index (Phi) is 4.16. The largest absolute Gasteiger partial charge is 0.307 e. The van der Waals surface area contributed by atoms with E-state index in [0.717, 1.165) is 11.8 Å². The van der Waals surface area contributed by atoms with Crippen LogP contribution in [0.1, 0.15) is 51.6 Å². The summed E-state index contributed by atoms with van der Waals surface area (Å²) in [6, 6.07) is 5.22. The number of nitrogens with one attached hydrogen (secondary N) is 1. The molecule has 0 aromatic carbocycles. The Morgan fingerprint density at radius 1 is 1.29 bits per heavy atom. The Hall–Kier alpha value is -0.890. The molecule has 1 aromatic rings. The van der Waals surface area contributed by atoms with E-state index in [2.05, 4.69) is 37.1 Å². The fourth-order valence-corrected chi connectivity index (χ4v) is 3.03. The molecule has 1 aliphatic carbocycles. The van der Waals surface area contributed by atoms with Crippen molar-refractivity contribution in [3.63, 3.8) is 0 Å². The molecule has 0 aliphatic heterocycles. The minimum Gasteiger partial charge on any atom is -0.307 e. The second-order valence-corrected chi connectivity index (χ2v) is 5.59. The molecule has 1 N–H and O–H groups in total. The third-order valence-corrected chi connectivity index (χ3v) is 4.17. The van der Waals surface area contributed by atoms with Crippen LogP contribution in [0.4, 0.5) is 0 Å². The summed E-state index contributed by atoms with van der Waals surface area (Å²) in [5.74, 6) is 1.58. The molecule has 0 amide bonds. The molecule has 17 heavy (non-hydrogen) atoms. The molecule has 0 radical (unpaired) electrons. The zero-order valence-corrected chi connectivity index (χ0v) is 11.2. The van der Waals surface area contributed by atoms with Crippen LogP contribution in [0.3, 0.4) is 0 Å². The highest BCUT2D eigenvalue weighted by Crippen LogP contribution is 2.30. The van der Waals surface area contributed by atoms with Crippen molar-refractivity contribution in [3.05, 3.63) is 30.1 Å². The lowest BCUT2D eigenvalue weighted by molar-refractivity contribution is 0.196. The van der Waals surface area contributed by atoms with Gasteiger partial charge in [0.05, 0.1) is 0 Å². The second kappa shape index (κ2) is 5.63. The van der Waals surface area contributed by atoms with Gasteiger partial charge in [-0.15, -0.1) is 0 Å². The van der Waals surface area contributed by atoms with Crippen molar-refractivity contribution in [3.8, 4) is 0 Å². The van der Waals surface area contributed by atoms with Crippen molar-refractivity contribution in [2.24, 2.45) is 11.8 Å². The van der Waals surface area contributed by atoms with Crippen molar-refractivity contribution >= 4 is 0 Å². The highest BCUT2D eigenvalue weighted by molar-refractivity contribution is 5.13. The van der Waals surface area contributed by atoms with Crippen molar-refractivity contribution < 1.29 is 0 Å². The normalized spacial score (nSPS) is 31.1. The average Bonchev–Trinajstić information content (AvgIpc) is 2.35. The Balaban J connectivity index is 2.00. The SMILES string of the molecule is CC(NC1C(C)CCCC1C)c1cccnc1. The summed E-state index contributed by atoms with van der Waals surface area (Å²) >= 11 is 0. The van der Waals surface area contributed by atoms with Gasteiger partial charge in [0.25, 0.3) is 0 Å². The molecule has 2 rings (SSSR count). The zero-order valence-electron chi connectivity index (χ0n) is 11.2. The topological polar surface area (TPSA) is 24.9 Å². The highest BCUT2D eigenvalue weighted by Gasteiger charge is 2.28. The maximum atomic E-state index is 4.20. The van der Waals surface area contributed by atoms with E-state index < -0.39 is 0 Å². The van der Waals surface area contributed by atoms with Gasteiger partial charge in [-0.1, -0.05) is 26.3 Å². The molecule has 0 spiro atoms. The van der Waals surface area contributed by atoms with E-state index in [1.54, 1.807) is 0 Å². The van der Waals surface area contributed by atoms with Crippen molar-refractivity contribution in [1.29, 1.82) is 0 Å². The molecule has 94 valence electrons. The van der Waals surface area contributed by atoms with Crippen LogP contribution in [-0.2, 0) is 0 Å². The zero-order chi connectivity index (χ0) is 12.3. The molecule has 1 fully saturated rings. The average molecular weight is 232 g/mol. The maximum absolute atomic E-state index is 4.20. The lowest BCUT2D eigenvalue weighted by Crippen LogP contribution is -2.43. The predicted octanol–water partition coefficient (Wildman–Crippen LogP) is 3.56. The van der Waals surface area contributed by atoms with Crippen molar-refractivity contribution in [2.45, 2.75) is 52.1 Å².